The molecule has 0 aromatic heterocycles. The lowest BCUT2D eigenvalue weighted by Gasteiger charge is -2.36. The quantitative estimate of drug-likeness (QED) is 0.811. The molecule has 0 bridgehead atoms. The Balaban J connectivity index is 1.63. The number of hydrogen-bond donors (Lipinski definition) is 1. The topological polar surface area (TPSA) is 60.9 Å². The molecule has 2 aliphatic heterocycles. The summed E-state index contributed by atoms with van der Waals surface area (Å²) in [5, 5.41) is 11.4. The maximum absolute atomic E-state index is 13.3. The molecule has 1 fully saturated rings. The Kier molecular flexibility index (Phi) is 5.04. The van der Waals surface area contributed by atoms with Gasteiger partial charge in [0.25, 0.3) is 5.91 Å². The summed E-state index contributed by atoms with van der Waals surface area (Å²) in [5.74, 6) is -0.643. The highest BCUT2D eigenvalue weighted by Gasteiger charge is 2.51. The van der Waals surface area contributed by atoms with Crippen molar-refractivity contribution in [3.05, 3.63) is 65.7 Å². The molecule has 2 aliphatic rings. The number of aliphatic hydroxyl groups is 1. The Labute approximate surface area is 165 Å². The van der Waals surface area contributed by atoms with Gasteiger partial charge in [0.05, 0.1) is 18.8 Å². The smallest absolute Gasteiger partial charge is 0.265 e. The summed E-state index contributed by atoms with van der Waals surface area (Å²) in [5.41, 5.74) is -0.0883. The number of carbonyl (C=O) groups is 2. The first kappa shape index (κ1) is 18.8. The van der Waals surface area contributed by atoms with Gasteiger partial charge in [0, 0.05) is 23.7 Å². The van der Waals surface area contributed by atoms with Crippen molar-refractivity contribution in [1.82, 2.24) is 4.90 Å². The van der Waals surface area contributed by atoms with Crippen LogP contribution >= 0.6 is 0 Å². The Bertz CT molecular complexity index is 882. The van der Waals surface area contributed by atoms with E-state index in [4.69, 9.17) is 0 Å². The molecule has 0 radical (unpaired) electrons. The lowest BCUT2D eigenvalue weighted by atomic mass is 9.88. The van der Waals surface area contributed by atoms with E-state index in [1.54, 1.807) is 41.3 Å². The van der Waals surface area contributed by atoms with Gasteiger partial charge in [0.15, 0.2) is 11.4 Å². The summed E-state index contributed by atoms with van der Waals surface area (Å²) >= 11 is 0. The minimum Gasteiger partial charge on any atom is -0.375 e. The molecule has 2 aromatic rings. The van der Waals surface area contributed by atoms with Crippen molar-refractivity contribution in [2.75, 3.05) is 18.1 Å². The summed E-state index contributed by atoms with van der Waals surface area (Å²) in [6, 6.07) is 16.5. The molecule has 4 rings (SSSR count). The van der Waals surface area contributed by atoms with Gasteiger partial charge >= 0.3 is 0 Å². The highest BCUT2D eigenvalue weighted by molar-refractivity contribution is 6.10. The summed E-state index contributed by atoms with van der Waals surface area (Å²) in [6.45, 7) is 3.56. The number of Topliss-reactive ketones (excluding diaryl/α,β-unsaturated/α-hetero) is 1. The van der Waals surface area contributed by atoms with Gasteiger partial charge in [0.2, 0.25) is 0 Å². The second-order valence-corrected chi connectivity index (χ2v) is 7.88. The van der Waals surface area contributed by atoms with E-state index >= 15 is 0 Å². The van der Waals surface area contributed by atoms with Crippen LogP contribution < -0.4 is 4.90 Å². The molecular weight excluding hydrogens is 352 g/mol. The molecule has 28 heavy (non-hydrogen) atoms. The van der Waals surface area contributed by atoms with Gasteiger partial charge in [-0.15, -0.1) is 0 Å². The maximum Gasteiger partial charge on any atom is 0.265 e. The first-order valence-corrected chi connectivity index (χ1v) is 9.97. The number of piperidine rings is 1. The van der Waals surface area contributed by atoms with Crippen LogP contribution in [0.1, 0.15) is 48.5 Å². The highest BCUT2D eigenvalue weighted by Crippen LogP contribution is 2.43. The molecule has 2 heterocycles. The fourth-order valence-corrected chi connectivity index (χ4v) is 4.33. The number of carbonyl (C=O) groups excluding carboxylic acids is 2. The zero-order chi connectivity index (χ0) is 19.7. The molecule has 146 valence electrons. The number of benzene rings is 2. The molecule has 2 aromatic carbocycles. The average Bonchev–Trinajstić information content (AvgIpc) is 2.92. The molecule has 1 amide bonds. The van der Waals surface area contributed by atoms with Crippen LogP contribution in [-0.2, 0) is 10.4 Å². The molecule has 2 unspecified atom stereocenters. The van der Waals surface area contributed by atoms with Gasteiger partial charge in [-0.05, 0) is 25.8 Å². The normalized spacial score (nSPS) is 25.0. The number of anilines is 1. The van der Waals surface area contributed by atoms with E-state index in [2.05, 4.69) is 11.8 Å². The van der Waals surface area contributed by atoms with Crippen molar-refractivity contribution >= 4 is 17.4 Å². The van der Waals surface area contributed by atoms with Gasteiger partial charge in [-0.3, -0.25) is 19.4 Å². The minimum absolute atomic E-state index is 0.237. The number of hydrogen-bond acceptors (Lipinski definition) is 4. The molecule has 0 saturated carbocycles. The first-order chi connectivity index (χ1) is 13.5. The van der Waals surface area contributed by atoms with Crippen LogP contribution in [0, 0.1) is 0 Å². The number of ketones is 1. The van der Waals surface area contributed by atoms with Crippen molar-refractivity contribution in [2.24, 2.45) is 0 Å². The molecule has 2 atom stereocenters. The van der Waals surface area contributed by atoms with Crippen molar-refractivity contribution in [3.63, 3.8) is 0 Å². The van der Waals surface area contributed by atoms with Crippen LogP contribution in [0.2, 0.25) is 0 Å². The van der Waals surface area contributed by atoms with Gasteiger partial charge in [-0.2, -0.15) is 0 Å². The Morgan fingerprint density at radius 3 is 2.57 bits per heavy atom. The van der Waals surface area contributed by atoms with Crippen LogP contribution in [0.3, 0.4) is 0 Å². The molecule has 5 nitrogen and oxygen atoms in total. The Morgan fingerprint density at radius 2 is 1.82 bits per heavy atom. The zero-order valence-corrected chi connectivity index (χ0v) is 16.2. The molecule has 1 saturated heterocycles. The first-order valence-electron chi connectivity index (χ1n) is 9.97. The lowest BCUT2D eigenvalue weighted by molar-refractivity contribution is -0.136. The van der Waals surface area contributed by atoms with Gasteiger partial charge in [0.1, 0.15) is 0 Å². The van der Waals surface area contributed by atoms with E-state index < -0.39 is 11.5 Å². The van der Waals surface area contributed by atoms with E-state index in [1.807, 2.05) is 18.2 Å². The third-order valence-electron chi connectivity index (χ3n) is 6.02. The minimum atomic E-state index is -1.82. The largest absolute Gasteiger partial charge is 0.375 e. The number of amides is 1. The predicted molar refractivity (Wildman–Crippen MR) is 108 cm³/mol. The van der Waals surface area contributed by atoms with Crippen LogP contribution in [0.4, 0.5) is 5.69 Å². The van der Waals surface area contributed by atoms with E-state index in [9.17, 15) is 14.7 Å². The van der Waals surface area contributed by atoms with Gasteiger partial charge in [-0.1, -0.05) is 55.0 Å². The third-order valence-corrected chi connectivity index (χ3v) is 6.02. The monoisotopic (exact) mass is 378 g/mol. The SMILES string of the molecule is CC1CCCCN1CN1C(=O)C(O)(CC(=O)c2ccccc2)c2ccccc21. The van der Waals surface area contributed by atoms with Gasteiger partial charge < -0.3 is 5.11 Å². The lowest BCUT2D eigenvalue weighted by Crippen LogP contribution is -2.49. The van der Waals surface area contributed by atoms with Crippen molar-refractivity contribution in [1.29, 1.82) is 0 Å². The fourth-order valence-electron chi connectivity index (χ4n) is 4.33. The van der Waals surface area contributed by atoms with E-state index in [1.165, 1.54) is 6.42 Å². The summed E-state index contributed by atoms with van der Waals surface area (Å²) in [4.78, 5) is 30.0. The van der Waals surface area contributed by atoms with Gasteiger partial charge in [-0.25, -0.2) is 0 Å². The number of nitrogens with zero attached hydrogens (tertiary/aromatic N) is 2. The number of para-hydroxylation sites is 1. The van der Waals surface area contributed by atoms with E-state index in [0.717, 1.165) is 19.4 Å². The van der Waals surface area contributed by atoms with Crippen LogP contribution in [0.5, 0.6) is 0 Å². The maximum atomic E-state index is 13.3. The molecule has 0 spiro atoms. The third kappa shape index (κ3) is 3.25. The van der Waals surface area contributed by atoms with E-state index in [0.29, 0.717) is 29.5 Å². The highest BCUT2D eigenvalue weighted by atomic mass is 16.3. The standard InChI is InChI=1S/C23H26N2O3/c1-17-9-7-8-14-24(17)16-25-20-13-6-5-12-19(20)23(28,22(25)27)15-21(26)18-10-3-2-4-11-18/h2-6,10-13,17,28H,7-9,14-16H2,1H3. The molecule has 1 N–H and O–H groups in total. The second-order valence-electron chi connectivity index (χ2n) is 7.88. The number of fused-ring (bicyclic) bond motifs is 1. The Morgan fingerprint density at radius 1 is 1.11 bits per heavy atom. The summed E-state index contributed by atoms with van der Waals surface area (Å²) in [6.07, 6.45) is 3.18. The zero-order valence-electron chi connectivity index (χ0n) is 16.2. The van der Waals surface area contributed by atoms with Crippen molar-refractivity contribution in [3.8, 4) is 0 Å². The van der Waals surface area contributed by atoms with Crippen LogP contribution in [0.15, 0.2) is 54.6 Å². The van der Waals surface area contributed by atoms with Crippen LogP contribution in [0.25, 0.3) is 0 Å². The predicted octanol–water partition coefficient (Wildman–Crippen LogP) is 3.33. The Hall–Kier alpha value is -2.50. The van der Waals surface area contributed by atoms with Crippen molar-refractivity contribution in [2.45, 2.75) is 44.2 Å². The molecule has 0 aliphatic carbocycles. The second kappa shape index (κ2) is 7.49. The molecule has 5 heteroatoms. The van der Waals surface area contributed by atoms with Crippen LogP contribution in [-0.4, -0.2) is 41.0 Å². The number of rotatable bonds is 5. The average molecular weight is 378 g/mol. The number of likely N-dealkylation sites (tertiary alicyclic amines) is 1. The fraction of sp³-hybridized carbons (Fsp3) is 0.391. The van der Waals surface area contributed by atoms with E-state index in [-0.39, 0.29) is 12.2 Å². The molecular formula is C23H26N2O3. The van der Waals surface area contributed by atoms with Crippen molar-refractivity contribution < 1.29 is 14.7 Å². The summed E-state index contributed by atoms with van der Waals surface area (Å²) < 4.78 is 0. The summed E-state index contributed by atoms with van der Waals surface area (Å²) in [7, 11) is 0.